The van der Waals surface area contributed by atoms with Crippen LogP contribution < -0.4 is 4.90 Å². The molecule has 0 amide bonds. The molecule has 2 heterocycles. The lowest BCUT2D eigenvalue weighted by molar-refractivity contribution is -0.144. The van der Waals surface area contributed by atoms with Crippen molar-refractivity contribution in [2.75, 3.05) is 24.5 Å². The average molecular weight is 401 g/mol. The molecule has 1 atom stereocenters. The first-order valence-electron chi connectivity index (χ1n) is 10.1. The van der Waals surface area contributed by atoms with E-state index in [0.717, 1.165) is 58.2 Å². The van der Waals surface area contributed by atoms with Gasteiger partial charge in [0.25, 0.3) is 0 Å². The Hall–Kier alpha value is -2.04. The van der Waals surface area contributed by atoms with Crippen molar-refractivity contribution < 1.29 is 9.90 Å². The van der Waals surface area contributed by atoms with Crippen molar-refractivity contribution in [3.05, 3.63) is 59.7 Å². The number of fused-ring (bicyclic) bond motifs is 2. The second-order valence-electron chi connectivity index (χ2n) is 7.65. The van der Waals surface area contributed by atoms with Gasteiger partial charge in [-0.1, -0.05) is 42.8 Å². The Balaban J connectivity index is 0.00000225. The van der Waals surface area contributed by atoms with Crippen LogP contribution in [0.15, 0.2) is 48.5 Å². The van der Waals surface area contributed by atoms with Crippen LogP contribution in [0.4, 0.5) is 11.4 Å². The Bertz CT molecular complexity index is 763. The van der Waals surface area contributed by atoms with Crippen LogP contribution in [0.5, 0.6) is 0 Å². The number of piperidine rings is 1. The Labute approximate surface area is 173 Å². The van der Waals surface area contributed by atoms with Gasteiger partial charge in [-0.3, -0.25) is 9.69 Å². The van der Waals surface area contributed by atoms with Gasteiger partial charge in [-0.05, 0) is 61.9 Å². The number of aryl methyl sites for hydroxylation is 2. The number of carbonyl (C=O) groups is 1. The predicted molar refractivity (Wildman–Crippen MR) is 116 cm³/mol. The highest BCUT2D eigenvalue weighted by Crippen LogP contribution is 2.36. The lowest BCUT2D eigenvalue weighted by atomic mass is 10.0. The molecular weight excluding hydrogens is 372 g/mol. The highest BCUT2D eigenvalue weighted by molar-refractivity contribution is 5.85. The van der Waals surface area contributed by atoms with Crippen LogP contribution in [0.1, 0.15) is 36.8 Å². The van der Waals surface area contributed by atoms with Gasteiger partial charge in [0.15, 0.2) is 0 Å². The van der Waals surface area contributed by atoms with Crippen molar-refractivity contribution in [1.29, 1.82) is 0 Å². The molecule has 1 fully saturated rings. The number of benzene rings is 2. The van der Waals surface area contributed by atoms with E-state index in [1.54, 1.807) is 0 Å². The molecule has 1 unspecified atom stereocenters. The highest BCUT2D eigenvalue weighted by atomic mass is 35.5. The number of halogens is 1. The van der Waals surface area contributed by atoms with E-state index in [2.05, 4.69) is 58.3 Å². The molecule has 2 aliphatic heterocycles. The monoisotopic (exact) mass is 400 g/mol. The molecule has 0 bridgehead atoms. The van der Waals surface area contributed by atoms with E-state index in [0.29, 0.717) is 0 Å². The summed E-state index contributed by atoms with van der Waals surface area (Å²) >= 11 is 0. The van der Waals surface area contributed by atoms with Crippen LogP contribution in [0.3, 0.4) is 0 Å². The second kappa shape index (κ2) is 9.44. The zero-order valence-corrected chi connectivity index (χ0v) is 17.0. The lowest BCUT2D eigenvalue weighted by Crippen LogP contribution is -2.45. The van der Waals surface area contributed by atoms with Gasteiger partial charge in [0.1, 0.15) is 6.04 Å². The molecule has 0 aromatic heterocycles. The van der Waals surface area contributed by atoms with E-state index in [1.165, 1.54) is 22.5 Å². The number of para-hydroxylation sites is 2. The normalized spacial score (nSPS) is 19.1. The minimum absolute atomic E-state index is 0. The zero-order valence-electron chi connectivity index (χ0n) is 16.2. The van der Waals surface area contributed by atoms with Gasteiger partial charge >= 0.3 is 5.97 Å². The number of rotatable bonds is 5. The highest BCUT2D eigenvalue weighted by Gasteiger charge is 2.28. The summed E-state index contributed by atoms with van der Waals surface area (Å²) in [5, 5.41) is 9.50. The van der Waals surface area contributed by atoms with Crippen LogP contribution in [0.2, 0.25) is 0 Å². The Kier molecular flexibility index (Phi) is 6.97. The van der Waals surface area contributed by atoms with E-state index in [-0.39, 0.29) is 18.4 Å². The molecular formula is C23H29ClN2O2. The van der Waals surface area contributed by atoms with Gasteiger partial charge in [-0.15, -0.1) is 12.4 Å². The Morgan fingerprint density at radius 2 is 1.54 bits per heavy atom. The molecule has 0 saturated carbocycles. The lowest BCUT2D eigenvalue weighted by Gasteiger charge is -2.34. The molecule has 1 saturated heterocycles. The van der Waals surface area contributed by atoms with Gasteiger partial charge in [0, 0.05) is 24.5 Å². The minimum atomic E-state index is -0.667. The van der Waals surface area contributed by atoms with Crippen LogP contribution >= 0.6 is 12.4 Å². The molecule has 0 aliphatic carbocycles. The summed E-state index contributed by atoms with van der Waals surface area (Å²) in [7, 11) is 0. The van der Waals surface area contributed by atoms with Crippen molar-refractivity contribution in [2.24, 2.45) is 0 Å². The smallest absolute Gasteiger partial charge is 0.320 e. The maximum Gasteiger partial charge on any atom is 0.320 e. The maximum absolute atomic E-state index is 11.6. The first-order chi connectivity index (χ1) is 13.2. The summed E-state index contributed by atoms with van der Waals surface area (Å²) in [5.74, 6) is -0.667. The molecule has 5 heteroatoms. The number of carboxylic acid groups (broad SMARTS) is 1. The fourth-order valence-corrected chi connectivity index (χ4v) is 4.58. The second-order valence-corrected chi connectivity index (χ2v) is 7.65. The maximum atomic E-state index is 11.6. The van der Waals surface area contributed by atoms with E-state index >= 15 is 0 Å². The van der Waals surface area contributed by atoms with Gasteiger partial charge < -0.3 is 10.0 Å². The number of likely N-dealkylation sites (tertiary alicyclic amines) is 1. The van der Waals surface area contributed by atoms with Gasteiger partial charge in [-0.25, -0.2) is 0 Å². The number of nitrogens with zero attached hydrogens (tertiary/aromatic N) is 2. The molecule has 4 nitrogen and oxygen atoms in total. The molecule has 0 spiro atoms. The average Bonchev–Trinajstić information content (AvgIpc) is 2.86. The summed E-state index contributed by atoms with van der Waals surface area (Å²) in [6, 6.07) is 17.1. The van der Waals surface area contributed by atoms with Crippen LogP contribution in [0, 0.1) is 0 Å². The first kappa shape index (κ1) is 20.7. The number of carboxylic acids is 1. The number of aliphatic carboxylic acids is 1. The molecule has 4 rings (SSSR count). The van der Waals surface area contributed by atoms with Crippen LogP contribution in [0.25, 0.3) is 0 Å². The first-order valence-corrected chi connectivity index (χ1v) is 10.1. The summed E-state index contributed by atoms with van der Waals surface area (Å²) in [6.45, 7) is 2.67. The summed E-state index contributed by atoms with van der Waals surface area (Å²) in [5.41, 5.74) is 5.40. The van der Waals surface area contributed by atoms with E-state index < -0.39 is 5.97 Å². The Morgan fingerprint density at radius 3 is 2.14 bits per heavy atom. The minimum Gasteiger partial charge on any atom is -0.480 e. The van der Waals surface area contributed by atoms with E-state index in [9.17, 15) is 9.90 Å². The molecule has 150 valence electrons. The SMILES string of the molecule is Cl.O=C(O)C1CCCCN1CCCN1c2ccccc2CCc2ccccc21. The van der Waals surface area contributed by atoms with Crippen molar-refractivity contribution >= 4 is 29.8 Å². The Morgan fingerprint density at radius 1 is 0.929 bits per heavy atom. The molecule has 2 aromatic rings. The fourth-order valence-electron chi connectivity index (χ4n) is 4.58. The zero-order chi connectivity index (χ0) is 18.6. The van der Waals surface area contributed by atoms with Gasteiger partial charge in [-0.2, -0.15) is 0 Å². The molecule has 28 heavy (non-hydrogen) atoms. The van der Waals surface area contributed by atoms with E-state index in [1.807, 2.05) is 0 Å². The number of hydrogen-bond donors (Lipinski definition) is 1. The van der Waals surface area contributed by atoms with Gasteiger partial charge in [0.2, 0.25) is 0 Å². The predicted octanol–water partition coefficient (Wildman–Crippen LogP) is 4.67. The topological polar surface area (TPSA) is 43.8 Å². The number of anilines is 2. The largest absolute Gasteiger partial charge is 0.480 e. The standard InChI is InChI=1S/C23H28N2O2.ClH/c26-23(27)22-12-5-6-15-24(22)16-7-17-25-20-10-3-1-8-18(20)13-14-19-9-2-4-11-21(19)25;/h1-4,8-11,22H,5-7,12-17H2,(H,26,27);1H. The third-order valence-corrected chi connectivity index (χ3v) is 5.95. The summed E-state index contributed by atoms with van der Waals surface area (Å²) in [6.07, 6.45) is 6.02. The van der Waals surface area contributed by atoms with E-state index in [4.69, 9.17) is 0 Å². The summed E-state index contributed by atoms with van der Waals surface area (Å²) in [4.78, 5) is 16.2. The molecule has 0 radical (unpaired) electrons. The quantitative estimate of drug-likeness (QED) is 0.791. The fraction of sp³-hybridized carbons (Fsp3) is 0.435. The third-order valence-electron chi connectivity index (χ3n) is 5.95. The van der Waals surface area contributed by atoms with Crippen LogP contribution in [-0.2, 0) is 17.6 Å². The van der Waals surface area contributed by atoms with Crippen molar-refractivity contribution in [1.82, 2.24) is 4.90 Å². The van der Waals surface area contributed by atoms with Crippen molar-refractivity contribution in [3.63, 3.8) is 0 Å². The summed E-state index contributed by atoms with van der Waals surface area (Å²) < 4.78 is 0. The molecule has 2 aliphatic rings. The van der Waals surface area contributed by atoms with Gasteiger partial charge in [0.05, 0.1) is 0 Å². The van der Waals surface area contributed by atoms with Crippen molar-refractivity contribution in [3.8, 4) is 0 Å². The molecule has 2 aromatic carbocycles. The third kappa shape index (κ3) is 4.34. The number of hydrogen-bond acceptors (Lipinski definition) is 3. The molecule has 1 N–H and O–H groups in total. The van der Waals surface area contributed by atoms with Crippen molar-refractivity contribution in [2.45, 2.75) is 44.6 Å². The van der Waals surface area contributed by atoms with Crippen LogP contribution in [-0.4, -0.2) is 41.7 Å².